The number of hydrogen-bond acceptors (Lipinski definition) is 4. The van der Waals surface area contributed by atoms with Gasteiger partial charge < -0.3 is 4.74 Å². The Morgan fingerprint density at radius 3 is 2.46 bits per heavy atom. The predicted octanol–water partition coefficient (Wildman–Crippen LogP) is 3.35. The van der Waals surface area contributed by atoms with Crippen molar-refractivity contribution in [1.29, 1.82) is 0 Å². The van der Waals surface area contributed by atoms with E-state index in [0.29, 0.717) is 17.0 Å². The first kappa shape index (κ1) is 19.2. The molecule has 0 unspecified atom stereocenters. The number of hydrogen-bond donors (Lipinski definition) is 1. The quantitative estimate of drug-likeness (QED) is 0.523. The summed E-state index contributed by atoms with van der Waals surface area (Å²) in [5, 5.41) is 7.71. The second-order valence-corrected chi connectivity index (χ2v) is 6.05. The van der Waals surface area contributed by atoms with Crippen LogP contribution in [0.1, 0.15) is 27.2 Å². The molecule has 0 aliphatic carbocycles. The zero-order valence-electron chi connectivity index (χ0n) is 15.3. The molecule has 8 heteroatoms. The van der Waals surface area contributed by atoms with Gasteiger partial charge in [-0.05, 0) is 48.9 Å². The fourth-order valence-corrected chi connectivity index (χ4v) is 2.46. The summed E-state index contributed by atoms with van der Waals surface area (Å²) < 4.78 is 33.3. The fourth-order valence-electron chi connectivity index (χ4n) is 2.46. The highest BCUT2D eigenvalue weighted by Crippen LogP contribution is 2.14. The van der Waals surface area contributed by atoms with Gasteiger partial charge in [0.15, 0.2) is 0 Å². The Morgan fingerprint density at radius 2 is 1.86 bits per heavy atom. The van der Waals surface area contributed by atoms with Gasteiger partial charge >= 0.3 is 0 Å². The number of benzene rings is 2. The lowest BCUT2D eigenvalue weighted by Gasteiger charge is -2.07. The Morgan fingerprint density at radius 1 is 1.18 bits per heavy atom. The van der Waals surface area contributed by atoms with Crippen molar-refractivity contribution in [2.75, 3.05) is 0 Å². The molecule has 1 N–H and O–H groups in total. The van der Waals surface area contributed by atoms with Crippen molar-refractivity contribution >= 4 is 12.1 Å². The van der Waals surface area contributed by atoms with Gasteiger partial charge in [0.25, 0.3) is 5.91 Å². The van der Waals surface area contributed by atoms with Gasteiger partial charge in [-0.15, -0.1) is 0 Å². The SMILES string of the molecule is Cc1nn(C)c(F)c1C=NNC(=O)c1ccc(COc2ccc(F)cc2)cc1. The largest absolute Gasteiger partial charge is 0.489 e. The van der Waals surface area contributed by atoms with E-state index < -0.39 is 11.9 Å². The molecular formula is C20H18F2N4O2. The van der Waals surface area contributed by atoms with Crippen LogP contribution in [0.25, 0.3) is 0 Å². The van der Waals surface area contributed by atoms with E-state index in [1.807, 2.05) is 0 Å². The van der Waals surface area contributed by atoms with Crippen LogP contribution in [0.5, 0.6) is 5.75 Å². The first-order valence-corrected chi connectivity index (χ1v) is 8.44. The number of aryl methyl sites for hydroxylation is 2. The average Bonchev–Trinajstić information content (AvgIpc) is 2.94. The number of carbonyl (C=O) groups excluding carboxylic acids is 1. The molecule has 3 rings (SSSR count). The van der Waals surface area contributed by atoms with Crippen LogP contribution in [0.4, 0.5) is 8.78 Å². The maximum absolute atomic E-state index is 13.8. The molecule has 28 heavy (non-hydrogen) atoms. The minimum absolute atomic E-state index is 0.219. The number of nitrogens with zero attached hydrogens (tertiary/aromatic N) is 3. The molecule has 1 aromatic heterocycles. The van der Waals surface area contributed by atoms with Gasteiger partial charge in [0.1, 0.15) is 18.2 Å². The van der Waals surface area contributed by atoms with Gasteiger partial charge in [0, 0.05) is 12.6 Å². The van der Waals surface area contributed by atoms with Crippen LogP contribution >= 0.6 is 0 Å². The van der Waals surface area contributed by atoms with E-state index in [9.17, 15) is 13.6 Å². The molecule has 0 atom stereocenters. The number of ether oxygens (including phenoxy) is 1. The topological polar surface area (TPSA) is 68.5 Å². The third-order valence-electron chi connectivity index (χ3n) is 3.99. The summed E-state index contributed by atoms with van der Waals surface area (Å²) in [7, 11) is 1.49. The minimum atomic E-state index is -0.527. The zero-order valence-corrected chi connectivity index (χ0v) is 15.3. The molecular weight excluding hydrogens is 366 g/mol. The van der Waals surface area contributed by atoms with Crippen molar-refractivity contribution in [3.63, 3.8) is 0 Å². The summed E-state index contributed by atoms with van der Waals surface area (Å²) in [4.78, 5) is 12.1. The van der Waals surface area contributed by atoms with Crippen LogP contribution in [0.2, 0.25) is 0 Å². The second-order valence-electron chi connectivity index (χ2n) is 6.05. The predicted molar refractivity (Wildman–Crippen MR) is 100 cm³/mol. The number of carbonyl (C=O) groups is 1. The molecule has 144 valence electrons. The molecule has 2 aromatic carbocycles. The summed E-state index contributed by atoms with van der Waals surface area (Å²) in [6.07, 6.45) is 1.22. The fraction of sp³-hybridized carbons (Fsp3) is 0.150. The van der Waals surface area contributed by atoms with E-state index in [0.717, 1.165) is 10.2 Å². The van der Waals surface area contributed by atoms with E-state index in [4.69, 9.17) is 4.74 Å². The highest BCUT2D eigenvalue weighted by Gasteiger charge is 2.11. The smallest absolute Gasteiger partial charge is 0.271 e. The number of rotatable bonds is 6. The lowest BCUT2D eigenvalue weighted by molar-refractivity contribution is 0.0955. The third-order valence-corrected chi connectivity index (χ3v) is 3.99. The summed E-state index contributed by atoms with van der Waals surface area (Å²) >= 11 is 0. The van der Waals surface area contributed by atoms with Crippen molar-refractivity contribution < 1.29 is 18.3 Å². The van der Waals surface area contributed by atoms with Gasteiger partial charge in [-0.3, -0.25) is 4.79 Å². The van der Waals surface area contributed by atoms with Crippen LogP contribution in [0, 0.1) is 18.7 Å². The Labute approximate surface area is 160 Å². The van der Waals surface area contributed by atoms with Gasteiger partial charge in [-0.2, -0.15) is 14.6 Å². The van der Waals surface area contributed by atoms with Crippen LogP contribution in [-0.2, 0) is 13.7 Å². The molecule has 0 radical (unpaired) electrons. The molecule has 0 bridgehead atoms. The summed E-state index contributed by atoms with van der Waals surface area (Å²) in [6, 6.07) is 12.5. The molecule has 1 amide bonds. The molecule has 0 fully saturated rings. The highest BCUT2D eigenvalue weighted by molar-refractivity contribution is 5.95. The van der Waals surface area contributed by atoms with Crippen molar-refractivity contribution in [1.82, 2.24) is 15.2 Å². The van der Waals surface area contributed by atoms with Gasteiger partial charge in [0.2, 0.25) is 5.95 Å². The van der Waals surface area contributed by atoms with E-state index in [2.05, 4.69) is 15.6 Å². The average molecular weight is 384 g/mol. The number of hydrazone groups is 1. The van der Waals surface area contributed by atoms with E-state index >= 15 is 0 Å². The van der Waals surface area contributed by atoms with Crippen LogP contribution in [0.3, 0.4) is 0 Å². The first-order valence-electron chi connectivity index (χ1n) is 8.44. The molecule has 0 aliphatic heterocycles. The lowest BCUT2D eigenvalue weighted by atomic mass is 10.1. The van der Waals surface area contributed by atoms with Crippen molar-refractivity contribution in [2.24, 2.45) is 12.1 Å². The minimum Gasteiger partial charge on any atom is -0.489 e. The Balaban J connectivity index is 1.56. The summed E-state index contributed by atoms with van der Waals surface area (Å²) in [6.45, 7) is 1.93. The Hall–Kier alpha value is -3.55. The maximum atomic E-state index is 13.8. The molecule has 3 aromatic rings. The second kappa shape index (κ2) is 8.43. The molecule has 0 saturated carbocycles. The van der Waals surface area contributed by atoms with Crippen molar-refractivity contribution in [2.45, 2.75) is 13.5 Å². The monoisotopic (exact) mass is 384 g/mol. The van der Waals surface area contributed by atoms with Gasteiger partial charge in [-0.1, -0.05) is 12.1 Å². The van der Waals surface area contributed by atoms with Crippen molar-refractivity contribution in [3.8, 4) is 5.75 Å². The van der Waals surface area contributed by atoms with Gasteiger partial charge in [0.05, 0.1) is 17.5 Å². The zero-order chi connectivity index (χ0) is 20.1. The Bertz CT molecular complexity index is 996. The highest BCUT2D eigenvalue weighted by atomic mass is 19.1. The van der Waals surface area contributed by atoms with Crippen LogP contribution < -0.4 is 10.2 Å². The first-order chi connectivity index (χ1) is 13.4. The molecule has 1 heterocycles. The van der Waals surface area contributed by atoms with Crippen LogP contribution in [-0.4, -0.2) is 21.9 Å². The maximum Gasteiger partial charge on any atom is 0.271 e. The lowest BCUT2D eigenvalue weighted by Crippen LogP contribution is -2.17. The summed E-state index contributed by atoms with van der Waals surface area (Å²) in [5.41, 5.74) is 4.29. The van der Waals surface area contributed by atoms with E-state index in [1.54, 1.807) is 43.3 Å². The number of amides is 1. The van der Waals surface area contributed by atoms with Crippen molar-refractivity contribution in [3.05, 3.63) is 82.7 Å². The van der Waals surface area contributed by atoms with E-state index in [-0.39, 0.29) is 18.0 Å². The number of halogens is 2. The van der Waals surface area contributed by atoms with Crippen LogP contribution in [0.15, 0.2) is 53.6 Å². The van der Waals surface area contributed by atoms with E-state index in [1.165, 1.54) is 25.4 Å². The van der Waals surface area contributed by atoms with Gasteiger partial charge in [-0.25, -0.2) is 14.5 Å². The Kier molecular flexibility index (Phi) is 5.78. The normalized spacial score (nSPS) is 11.0. The number of nitrogens with one attached hydrogen (secondary N) is 1. The molecule has 0 saturated heterocycles. The molecule has 0 spiro atoms. The standard InChI is InChI=1S/C20H18F2N4O2/c1-13-18(19(22)26(2)25-13)11-23-24-20(27)15-5-3-14(4-6-15)12-28-17-9-7-16(21)8-10-17/h3-11H,12H2,1-2H3,(H,24,27). The molecule has 6 nitrogen and oxygen atoms in total. The third kappa shape index (κ3) is 4.59. The molecule has 0 aliphatic rings. The summed E-state index contributed by atoms with van der Waals surface area (Å²) in [5.74, 6) is -0.729. The number of aromatic nitrogens is 2.